The molecular weight excluding hydrogens is 184 g/mol. The summed E-state index contributed by atoms with van der Waals surface area (Å²) in [7, 11) is 0. The molecule has 2 N–H and O–H groups in total. The molecule has 1 aromatic carbocycles. The number of aryl methyl sites for hydroxylation is 1. The third-order valence-corrected chi connectivity index (χ3v) is 2.38. The molecule has 0 radical (unpaired) electrons. The molecule has 0 spiro atoms. The van der Waals surface area contributed by atoms with E-state index in [0.717, 1.165) is 0 Å². The molecule has 0 saturated carbocycles. The van der Waals surface area contributed by atoms with Crippen molar-refractivity contribution in [2.24, 2.45) is 0 Å². The zero-order chi connectivity index (χ0) is 10.3. The highest BCUT2D eigenvalue weighted by Gasteiger charge is 2.25. The minimum atomic E-state index is -1.10. The number of carbonyl (C=O) groups is 1. The largest absolute Gasteiger partial charge is 0.507 e. The van der Waals surface area contributed by atoms with E-state index in [1.807, 2.05) is 0 Å². The molecule has 0 bridgehead atoms. The van der Waals surface area contributed by atoms with Gasteiger partial charge >= 0.3 is 5.97 Å². The van der Waals surface area contributed by atoms with Crippen molar-refractivity contribution in [2.75, 3.05) is 6.61 Å². The van der Waals surface area contributed by atoms with E-state index in [4.69, 9.17) is 9.84 Å². The summed E-state index contributed by atoms with van der Waals surface area (Å²) < 4.78 is 5.25. The number of rotatable bonds is 1. The van der Waals surface area contributed by atoms with E-state index >= 15 is 0 Å². The van der Waals surface area contributed by atoms with Crippen LogP contribution >= 0.6 is 0 Å². The van der Waals surface area contributed by atoms with Gasteiger partial charge in [0.15, 0.2) is 0 Å². The highest BCUT2D eigenvalue weighted by atomic mass is 16.5. The Balaban J connectivity index is 2.72. The third kappa shape index (κ3) is 1.11. The summed E-state index contributed by atoms with van der Waals surface area (Å²) in [5, 5.41) is 18.5. The lowest BCUT2D eigenvalue weighted by atomic mass is 10.0. The van der Waals surface area contributed by atoms with Crippen molar-refractivity contribution in [3.05, 3.63) is 22.8 Å². The van der Waals surface area contributed by atoms with Crippen LogP contribution in [0.3, 0.4) is 0 Å². The molecule has 14 heavy (non-hydrogen) atoms. The Morgan fingerprint density at radius 3 is 2.93 bits per heavy atom. The van der Waals surface area contributed by atoms with Gasteiger partial charge in [-0.1, -0.05) is 0 Å². The van der Waals surface area contributed by atoms with Crippen LogP contribution in [-0.2, 0) is 6.42 Å². The van der Waals surface area contributed by atoms with Gasteiger partial charge in [0, 0.05) is 12.0 Å². The van der Waals surface area contributed by atoms with Crippen LogP contribution in [0.5, 0.6) is 11.5 Å². The van der Waals surface area contributed by atoms with Gasteiger partial charge in [-0.25, -0.2) is 4.79 Å². The smallest absolute Gasteiger partial charge is 0.339 e. The summed E-state index contributed by atoms with van der Waals surface area (Å²) in [5.74, 6) is -0.674. The van der Waals surface area contributed by atoms with Crippen molar-refractivity contribution < 1.29 is 19.7 Å². The molecule has 0 fully saturated rings. The van der Waals surface area contributed by atoms with E-state index < -0.39 is 5.97 Å². The molecule has 0 saturated heterocycles. The van der Waals surface area contributed by atoms with E-state index in [0.29, 0.717) is 29.9 Å². The monoisotopic (exact) mass is 194 g/mol. The first-order chi connectivity index (χ1) is 6.61. The maximum absolute atomic E-state index is 10.9. The lowest BCUT2D eigenvalue weighted by Gasteiger charge is -2.08. The van der Waals surface area contributed by atoms with Gasteiger partial charge in [-0.15, -0.1) is 0 Å². The van der Waals surface area contributed by atoms with E-state index in [1.54, 1.807) is 13.0 Å². The summed E-state index contributed by atoms with van der Waals surface area (Å²) in [6.45, 7) is 2.14. The molecule has 1 heterocycles. The number of carboxylic acid groups (broad SMARTS) is 1. The first-order valence-corrected chi connectivity index (χ1v) is 4.33. The van der Waals surface area contributed by atoms with Gasteiger partial charge in [-0.3, -0.25) is 0 Å². The minimum absolute atomic E-state index is 0.0162. The predicted octanol–water partition coefficient (Wildman–Crippen LogP) is 1.33. The van der Waals surface area contributed by atoms with Crippen molar-refractivity contribution in [3.63, 3.8) is 0 Å². The number of carboxylic acids is 1. The Kier molecular flexibility index (Phi) is 1.84. The third-order valence-electron chi connectivity index (χ3n) is 2.38. The Labute approximate surface area is 80.7 Å². The lowest BCUT2D eigenvalue weighted by molar-refractivity contribution is 0.0692. The van der Waals surface area contributed by atoms with Crippen LogP contribution in [0.4, 0.5) is 0 Å². The van der Waals surface area contributed by atoms with Crippen LogP contribution in [0.15, 0.2) is 6.07 Å². The fourth-order valence-electron chi connectivity index (χ4n) is 1.69. The maximum Gasteiger partial charge on any atom is 0.339 e. The van der Waals surface area contributed by atoms with Gasteiger partial charge in [0.05, 0.1) is 6.61 Å². The van der Waals surface area contributed by atoms with Crippen LogP contribution in [0, 0.1) is 6.92 Å². The molecule has 4 heteroatoms. The number of ether oxygens (including phenoxy) is 1. The van der Waals surface area contributed by atoms with Crippen molar-refractivity contribution >= 4 is 5.97 Å². The fourth-order valence-corrected chi connectivity index (χ4v) is 1.69. The van der Waals surface area contributed by atoms with E-state index in [-0.39, 0.29) is 11.3 Å². The molecule has 0 amide bonds. The zero-order valence-electron chi connectivity index (χ0n) is 7.70. The molecule has 4 nitrogen and oxygen atoms in total. The average Bonchev–Trinajstić information content (AvgIpc) is 2.52. The van der Waals surface area contributed by atoms with Crippen LogP contribution in [0.1, 0.15) is 21.5 Å². The van der Waals surface area contributed by atoms with Gasteiger partial charge in [0.2, 0.25) is 0 Å². The quantitative estimate of drug-likeness (QED) is 0.707. The van der Waals surface area contributed by atoms with E-state index in [2.05, 4.69) is 0 Å². The Morgan fingerprint density at radius 1 is 1.57 bits per heavy atom. The van der Waals surface area contributed by atoms with Crippen LogP contribution in [-0.4, -0.2) is 22.8 Å². The second kappa shape index (κ2) is 2.90. The van der Waals surface area contributed by atoms with Crippen LogP contribution in [0.2, 0.25) is 0 Å². The molecule has 2 rings (SSSR count). The molecule has 1 aliphatic heterocycles. The summed E-state index contributed by atoms with van der Waals surface area (Å²) >= 11 is 0. The summed E-state index contributed by atoms with van der Waals surface area (Å²) in [6, 6.07) is 1.67. The number of aromatic hydroxyl groups is 1. The second-order valence-electron chi connectivity index (χ2n) is 3.30. The normalized spacial score (nSPS) is 13.5. The van der Waals surface area contributed by atoms with Gasteiger partial charge in [-0.05, 0) is 18.6 Å². The van der Waals surface area contributed by atoms with E-state index in [1.165, 1.54) is 0 Å². The van der Waals surface area contributed by atoms with Gasteiger partial charge < -0.3 is 14.9 Å². The molecule has 0 unspecified atom stereocenters. The van der Waals surface area contributed by atoms with E-state index in [9.17, 15) is 9.90 Å². The highest BCUT2D eigenvalue weighted by Crippen LogP contribution is 2.36. The molecular formula is C10H10O4. The molecule has 0 aliphatic carbocycles. The molecule has 0 aromatic heterocycles. The first-order valence-electron chi connectivity index (χ1n) is 4.33. The van der Waals surface area contributed by atoms with Crippen molar-refractivity contribution in [2.45, 2.75) is 13.3 Å². The molecule has 0 atom stereocenters. The summed E-state index contributed by atoms with van der Waals surface area (Å²) in [4.78, 5) is 10.9. The molecule has 1 aromatic rings. The van der Waals surface area contributed by atoms with Crippen LogP contribution in [0.25, 0.3) is 0 Å². The second-order valence-corrected chi connectivity index (χ2v) is 3.30. The Hall–Kier alpha value is -1.71. The van der Waals surface area contributed by atoms with Gasteiger partial charge in [-0.2, -0.15) is 0 Å². The lowest BCUT2D eigenvalue weighted by Crippen LogP contribution is -2.02. The number of aromatic carboxylic acids is 1. The minimum Gasteiger partial charge on any atom is -0.507 e. The van der Waals surface area contributed by atoms with Gasteiger partial charge in [0.1, 0.15) is 17.1 Å². The van der Waals surface area contributed by atoms with Gasteiger partial charge in [0.25, 0.3) is 0 Å². The fraction of sp³-hybridized carbons (Fsp3) is 0.300. The zero-order valence-corrected chi connectivity index (χ0v) is 7.70. The standard InChI is InChI=1S/C10H10O4/c1-5-4-7-6(2-3-14-7)8(9(5)11)10(12)13/h4,11H,2-3H2,1H3,(H,12,13). The number of phenols is 1. The topological polar surface area (TPSA) is 66.8 Å². The number of hydrogen-bond acceptors (Lipinski definition) is 3. The summed E-state index contributed by atoms with van der Waals surface area (Å²) in [6.07, 6.45) is 0.546. The predicted molar refractivity (Wildman–Crippen MR) is 49.0 cm³/mol. The molecule has 1 aliphatic rings. The van der Waals surface area contributed by atoms with Crippen molar-refractivity contribution in [1.29, 1.82) is 0 Å². The molecule has 74 valence electrons. The Morgan fingerprint density at radius 2 is 2.29 bits per heavy atom. The van der Waals surface area contributed by atoms with Crippen molar-refractivity contribution in [1.82, 2.24) is 0 Å². The number of fused-ring (bicyclic) bond motifs is 1. The number of hydrogen-bond donors (Lipinski definition) is 2. The maximum atomic E-state index is 10.9. The summed E-state index contributed by atoms with van der Waals surface area (Å²) in [5.41, 5.74) is 1.11. The van der Waals surface area contributed by atoms with Crippen molar-refractivity contribution in [3.8, 4) is 11.5 Å². The van der Waals surface area contributed by atoms with Crippen LogP contribution < -0.4 is 4.74 Å². The highest BCUT2D eigenvalue weighted by molar-refractivity contribution is 5.94. The Bertz CT molecular complexity index is 409. The SMILES string of the molecule is Cc1cc2c(c(C(=O)O)c1O)CCO2. The average molecular weight is 194 g/mol. The number of benzene rings is 1. The first kappa shape index (κ1) is 8.87.